The average Bonchev–Trinajstić information content (AvgIpc) is 3.17. The van der Waals surface area contributed by atoms with Gasteiger partial charge in [-0.25, -0.2) is 4.79 Å². The van der Waals surface area contributed by atoms with Crippen molar-refractivity contribution in [1.82, 2.24) is 0 Å². The Bertz CT molecular complexity index is 545. The number of benzene rings is 1. The number of ether oxygens (including phenoxy) is 3. The van der Waals surface area contributed by atoms with E-state index in [4.69, 9.17) is 4.74 Å². The van der Waals surface area contributed by atoms with Gasteiger partial charge >= 0.3 is 12.3 Å². The first-order valence-corrected chi connectivity index (χ1v) is 6.23. The van der Waals surface area contributed by atoms with Gasteiger partial charge in [0.2, 0.25) is 0 Å². The molecule has 0 aromatic heterocycles. The number of halogens is 2. The number of fused-ring (bicyclic) bond motifs is 1. The molecule has 0 spiro atoms. The van der Waals surface area contributed by atoms with E-state index < -0.39 is 12.3 Å². The number of rotatable bonds is 4. The number of hydrogen-bond donors (Lipinski definition) is 1. The van der Waals surface area contributed by atoms with Crippen LogP contribution in [0.4, 0.5) is 14.5 Å². The lowest BCUT2D eigenvalue weighted by Gasteiger charge is -2.17. The molecule has 1 N–H and O–H groups in total. The molecule has 1 fully saturated rings. The molecule has 7 heteroatoms. The molecule has 1 heterocycles. The number of carbonyl (C=O) groups is 1. The minimum absolute atomic E-state index is 0.0263. The predicted octanol–water partition coefficient (Wildman–Crippen LogP) is 2.37. The lowest BCUT2D eigenvalue weighted by molar-refractivity contribution is -0.286. The summed E-state index contributed by atoms with van der Waals surface area (Å²) in [6.07, 6.45) is -1.76. The number of alkyl halides is 2. The van der Waals surface area contributed by atoms with Crippen LogP contribution >= 0.6 is 0 Å². The Labute approximate surface area is 113 Å². The maximum absolute atomic E-state index is 12.9. The van der Waals surface area contributed by atoms with Gasteiger partial charge < -0.3 is 19.5 Å². The Morgan fingerprint density at radius 1 is 1.40 bits per heavy atom. The van der Waals surface area contributed by atoms with Gasteiger partial charge in [-0.3, -0.25) is 0 Å². The Morgan fingerprint density at radius 2 is 2.10 bits per heavy atom. The fourth-order valence-corrected chi connectivity index (χ4v) is 2.14. The molecule has 5 nitrogen and oxygen atoms in total. The van der Waals surface area contributed by atoms with Crippen molar-refractivity contribution < 1.29 is 27.8 Å². The minimum atomic E-state index is -3.64. The molecule has 0 radical (unpaired) electrons. The van der Waals surface area contributed by atoms with Crippen molar-refractivity contribution in [3.63, 3.8) is 0 Å². The number of carbonyl (C=O) groups excluding carboxylic acids is 1. The van der Waals surface area contributed by atoms with E-state index in [0.717, 1.165) is 12.8 Å². The minimum Gasteiger partial charge on any atom is -0.467 e. The fourth-order valence-electron chi connectivity index (χ4n) is 2.14. The molecule has 0 amide bonds. The molecule has 1 aromatic rings. The van der Waals surface area contributed by atoms with Crippen molar-refractivity contribution in [1.29, 1.82) is 0 Å². The van der Waals surface area contributed by atoms with E-state index in [1.165, 1.54) is 19.2 Å². The lowest BCUT2D eigenvalue weighted by atomic mass is 10.1. The molecule has 1 aromatic carbocycles. The van der Waals surface area contributed by atoms with Gasteiger partial charge in [0, 0.05) is 11.8 Å². The monoisotopic (exact) mass is 285 g/mol. The van der Waals surface area contributed by atoms with Gasteiger partial charge in [0.1, 0.15) is 6.04 Å². The van der Waals surface area contributed by atoms with Crippen LogP contribution in [-0.2, 0) is 9.53 Å². The largest absolute Gasteiger partial charge is 0.586 e. The zero-order valence-electron chi connectivity index (χ0n) is 10.7. The van der Waals surface area contributed by atoms with E-state index in [2.05, 4.69) is 14.8 Å². The van der Waals surface area contributed by atoms with Crippen molar-refractivity contribution in [3.05, 3.63) is 18.2 Å². The maximum Gasteiger partial charge on any atom is 0.586 e. The number of nitrogens with one attached hydrogen (secondary N) is 1. The molecule has 0 saturated heterocycles. The summed E-state index contributed by atoms with van der Waals surface area (Å²) in [6.45, 7) is 0. The summed E-state index contributed by atoms with van der Waals surface area (Å²) in [7, 11) is 1.32. The highest BCUT2D eigenvalue weighted by Gasteiger charge is 2.43. The molecule has 1 saturated carbocycles. The third-order valence-electron chi connectivity index (χ3n) is 3.27. The van der Waals surface area contributed by atoms with Gasteiger partial charge in [0.05, 0.1) is 7.11 Å². The van der Waals surface area contributed by atoms with E-state index in [-0.39, 0.29) is 23.4 Å². The zero-order valence-corrected chi connectivity index (χ0v) is 10.7. The quantitative estimate of drug-likeness (QED) is 0.861. The van der Waals surface area contributed by atoms with Crippen molar-refractivity contribution in [2.45, 2.75) is 25.2 Å². The highest BCUT2D eigenvalue weighted by Crippen LogP contribution is 2.43. The van der Waals surface area contributed by atoms with Crippen LogP contribution in [0.1, 0.15) is 12.8 Å². The molecular weight excluding hydrogens is 272 g/mol. The number of anilines is 1. The summed E-state index contributed by atoms with van der Waals surface area (Å²) in [5.41, 5.74) is 0.507. The molecule has 1 aliphatic heterocycles. The molecule has 2 aliphatic rings. The molecule has 108 valence electrons. The third kappa shape index (κ3) is 2.48. The van der Waals surface area contributed by atoms with Crippen LogP contribution in [0.3, 0.4) is 0 Å². The van der Waals surface area contributed by atoms with E-state index >= 15 is 0 Å². The summed E-state index contributed by atoms with van der Waals surface area (Å²) in [4.78, 5) is 11.7. The Kier molecular flexibility index (Phi) is 2.92. The first-order chi connectivity index (χ1) is 9.48. The zero-order chi connectivity index (χ0) is 14.3. The van der Waals surface area contributed by atoms with Crippen molar-refractivity contribution >= 4 is 11.7 Å². The van der Waals surface area contributed by atoms with Crippen molar-refractivity contribution in [2.24, 2.45) is 5.92 Å². The Hall–Kier alpha value is -2.05. The first kappa shape index (κ1) is 13.0. The van der Waals surface area contributed by atoms with Crippen LogP contribution in [0.2, 0.25) is 0 Å². The second-order valence-corrected chi connectivity index (χ2v) is 4.81. The first-order valence-electron chi connectivity index (χ1n) is 6.23. The van der Waals surface area contributed by atoms with Crippen LogP contribution in [-0.4, -0.2) is 25.4 Å². The summed E-state index contributed by atoms with van der Waals surface area (Å²) < 4.78 is 39.2. The van der Waals surface area contributed by atoms with Gasteiger partial charge in [0.15, 0.2) is 11.5 Å². The Balaban J connectivity index is 1.77. The Morgan fingerprint density at radius 3 is 2.75 bits per heavy atom. The van der Waals surface area contributed by atoms with Crippen molar-refractivity contribution in [3.8, 4) is 11.5 Å². The summed E-state index contributed by atoms with van der Waals surface area (Å²) in [6, 6.07) is 3.84. The van der Waals surface area contributed by atoms with Gasteiger partial charge in [-0.15, -0.1) is 8.78 Å². The smallest absolute Gasteiger partial charge is 0.467 e. The fraction of sp³-hybridized carbons (Fsp3) is 0.462. The second kappa shape index (κ2) is 4.50. The maximum atomic E-state index is 12.9. The summed E-state index contributed by atoms with van der Waals surface area (Å²) in [5.74, 6) is -0.231. The molecule has 3 rings (SSSR count). The summed E-state index contributed by atoms with van der Waals surface area (Å²) in [5, 5.41) is 2.99. The van der Waals surface area contributed by atoms with E-state index in [1.54, 1.807) is 6.07 Å². The number of hydrogen-bond acceptors (Lipinski definition) is 5. The molecule has 0 bridgehead atoms. The number of methoxy groups -OCH3 is 1. The standard InChI is InChI=1S/C13H13F2NO4/c1-18-12(17)11(7-2-3-7)16-8-4-5-9-10(6-8)20-13(14,15)19-9/h4-7,11,16H,2-3H2,1H3. The normalized spacial score (nSPS) is 20.4. The molecule has 1 unspecified atom stereocenters. The van der Waals surface area contributed by atoms with Crippen LogP contribution in [0.5, 0.6) is 11.5 Å². The molecule has 1 aliphatic carbocycles. The van der Waals surface area contributed by atoms with E-state index in [0.29, 0.717) is 5.69 Å². The number of esters is 1. The second-order valence-electron chi connectivity index (χ2n) is 4.81. The van der Waals surface area contributed by atoms with Gasteiger partial charge in [0.25, 0.3) is 0 Å². The van der Waals surface area contributed by atoms with E-state index in [9.17, 15) is 13.6 Å². The predicted molar refractivity (Wildman–Crippen MR) is 64.8 cm³/mol. The highest BCUT2D eigenvalue weighted by atomic mass is 19.3. The molecular formula is C13H13F2NO4. The van der Waals surface area contributed by atoms with E-state index in [1.807, 2.05) is 0 Å². The lowest BCUT2D eigenvalue weighted by Crippen LogP contribution is -2.32. The van der Waals surface area contributed by atoms with Gasteiger partial charge in [-0.05, 0) is 30.9 Å². The van der Waals surface area contributed by atoms with Crippen LogP contribution in [0.15, 0.2) is 18.2 Å². The van der Waals surface area contributed by atoms with Crippen LogP contribution in [0, 0.1) is 5.92 Å². The average molecular weight is 285 g/mol. The SMILES string of the molecule is COC(=O)C(Nc1ccc2c(c1)OC(F)(F)O2)C1CC1. The topological polar surface area (TPSA) is 56.8 Å². The van der Waals surface area contributed by atoms with Gasteiger partial charge in [-0.1, -0.05) is 0 Å². The van der Waals surface area contributed by atoms with Crippen molar-refractivity contribution in [2.75, 3.05) is 12.4 Å². The molecule has 20 heavy (non-hydrogen) atoms. The highest BCUT2D eigenvalue weighted by molar-refractivity contribution is 5.80. The van der Waals surface area contributed by atoms with Crippen LogP contribution in [0.25, 0.3) is 0 Å². The van der Waals surface area contributed by atoms with Crippen LogP contribution < -0.4 is 14.8 Å². The summed E-state index contributed by atoms with van der Waals surface area (Å²) >= 11 is 0. The third-order valence-corrected chi connectivity index (χ3v) is 3.27. The molecule has 1 atom stereocenters. The van der Waals surface area contributed by atoms with Gasteiger partial charge in [-0.2, -0.15) is 0 Å².